The van der Waals surface area contributed by atoms with Gasteiger partial charge >= 0.3 is 0 Å². The molecule has 0 spiro atoms. The summed E-state index contributed by atoms with van der Waals surface area (Å²) in [6.07, 6.45) is 1.11. The second-order valence-electron chi connectivity index (χ2n) is 5.24. The van der Waals surface area contributed by atoms with Gasteiger partial charge in [-0.3, -0.25) is 0 Å². The van der Waals surface area contributed by atoms with Gasteiger partial charge in [-0.25, -0.2) is 4.39 Å². The molecule has 0 saturated heterocycles. The quantitative estimate of drug-likeness (QED) is 0.904. The standard InChI is InChI=1S/C17H18FNS/c1-12(13-6-4-7-15(18)9-13)19-11-16-10-14-5-2-3-8-17(14)20-16/h2-9,12,16,19H,10-11H2,1H3. The summed E-state index contributed by atoms with van der Waals surface area (Å²) in [6, 6.07) is 15.6. The molecule has 1 aliphatic rings. The fraction of sp³-hybridized carbons (Fsp3) is 0.294. The van der Waals surface area contributed by atoms with Crippen molar-refractivity contribution in [3.8, 4) is 0 Å². The lowest BCUT2D eigenvalue weighted by Crippen LogP contribution is -2.27. The second-order valence-corrected chi connectivity index (χ2v) is 6.58. The van der Waals surface area contributed by atoms with E-state index in [0.29, 0.717) is 5.25 Å². The molecule has 0 aliphatic carbocycles. The van der Waals surface area contributed by atoms with Crippen molar-refractivity contribution in [2.45, 2.75) is 29.5 Å². The molecule has 0 amide bonds. The van der Waals surface area contributed by atoms with Crippen LogP contribution in [0.2, 0.25) is 0 Å². The number of hydrogen-bond donors (Lipinski definition) is 1. The third kappa shape index (κ3) is 3.05. The summed E-state index contributed by atoms with van der Waals surface area (Å²) in [7, 11) is 0. The van der Waals surface area contributed by atoms with Crippen LogP contribution in [0, 0.1) is 5.82 Å². The first-order valence-corrected chi connectivity index (χ1v) is 7.84. The topological polar surface area (TPSA) is 12.0 Å². The molecular weight excluding hydrogens is 269 g/mol. The van der Waals surface area contributed by atoms with Gasteiger partial charge in [0, 0.05) is 22.7 Å². The van der Waals surface area contributed by atoms with E-state index < -0.39 is 0 Å². The maximum Gasteiger partial charge on any atom is 0.123 e. The van der Waals surface area contributed by atoms with E-state index in [2.05, 4.69) is 36.5 Å². The third-order valence-electron chi connectivity index (χ3n) is 3.71. The SMILES string of the molecule is CC(NCC1Cc2ccccc2S1)c1cccc(F)c1. The fourth-order valence-electron chi connectivity index (χ4n) is 2.57. The Kier molecular flexibility index (Phi) is 4.08. The molecule has 2 atom stereocenters. The zero-order valence-corrected chi connectivity index (χ0v) is 12.3. The highest BCUT2D eigenvalue weighted by Gasteiger charge is 2.22. The lowest BCUT2D eigenvalue weighted by atomic mass is 10.1. The van der Waals surface area contributed by atoms with E-state index in [9.17, 15) is 4.39 Å². The number of fused-ring (bicyclic) bond motifs is 1. The predicted octanol–water partition coefficient (Wildman–Crippen LogP) is 4.19. The Morgan fingerprint density at radius 3 is 2.90 bits per heavy atom. The van der Waals surface area contributed by atoms with Crippen LogP contribution in [0.1, 0.15) is 24.1 Å². The van der Waals surface area contributed by atoms with E-state index >= 15 is 0 Å². The van der Waals surface area contributed by atoms with Crippen LogP contribution in [0.25, 0.3) is 0 Å². The largest absolute Gasteiger partial charge is 0.309 e. The highest BCUT2D eigenvalue weighted by molar-refractivity contribution is 8.00. The van der Waals surface area contributed by atoms with Crippen LogP contribution in [-0.4, -0.2) is 11.8 Å². The molecule has 104 valence electrons. The summed E-state index contributed by atoms with van der Waals surface area (Å²) in [4.78, 5) is 1.40. The van der Waals surface area contributed by atoms with Crippen LogP contribution < -0.4 is 5.32 Å². The van der Waals surface area contributed by atoms with Crippen LogP contribution in [0.3, 0.4) is 0 Å². The van der Waals surface area contributed by atoms with Crippen molar-refractivity contribution in [3.05, 3.63) is 65.5 Å². The molecule has 2 aromatic carbocycles. The molecule has 1 N–H and O–H groups in total. The Bertz CT molecular complexity index is 574. The van der Waals surface area contributed by atoms with Crippen molar-refractivity contribution in [3.63, 3.8) is 0 Å². The maximum absolute atomic E-state index is 13.2. The molecule has 3 rings (SSSR count). The summed E-state index contributed by atoms with van der Waals surface area (Å²) in [6.45, 7) is 3.03. The monoisotopic (exact) mass is 287 g/mol. The third-order valence-corrected chi connectivity index (χ3v) is 5.03. The van der Waals surface area contributed by atoms with E-state index in [1.165, 1.54) is 16.5 Å². The minimum Gasteiger partial charge on any atom is -0.309 e. The number of thioether (sulfide) groups is 1. The van der Waals surface area contributed by atoms with Crippen molar-refractivity contribution >= 4 is 11.8 Å². The molecule has 0 radical (unpaired) electrons. The molecule has 0 aromatic heterocycles. The van der Waals surface area contributed by atoms with Gasteiger partial charge in [-0.15, -0.1) is 11.8 Å². The number of nitrogens with one attached hydrogen (secondary N) is 1. The van der Waals surface area contributed by atoms with E-state index in [-0.39, 0.29) is 11.9 Å². The maximum atomic E-state index is 13.2. The van der Waals surface area contributed by atoms with Crippen LogP contribution >= 0.6 is 11.8 Å². The molecule has 2 unspecified atom stereocenters. The van der Waals surface area contributed by atoms with Crippen molar-refractivity contribution < 1.29 is 4.39 Å². The van der Waals surface area contributed by atoms with E-state index in [1.807, 2.05) is 17.8 Å². The molecule has 3 heteroatoms. The van der Waals surface area contributed by atoms with Gasteiger partial charge in [0.25, 0.3) is 0 Å². The molecule has 1 heterocycles. The second kappa shape index (κ2) is 5.98. The van der Waals surface area contributed by atoms with Crippen molar-refractivity contribution in [1.29, 1.82) is 0 Å². The van der Waals surface area contributed by atoms with Crippen LogP contribution in [0.15, 0.2) is 53.4 Å². The number of hydrogen-bond acceptors (Lipinski definition) is 2. The first-order valence-electron chi connectivity index (χ1n) is 6.96. The van der Waals surface area contributed by atoms with Gasteiger partial charge in [-0.2, -0.15) is 0 Å². The average molecular weight is 287 g/mol. The summed E-state index contributed by atoms with van der Waals surface area (Å²) >= 11 is 1.94. The van der Waals surface area contributed by atoms with Crippen LogP contribution in [0.4, 0.5) is 4.39 Å². The molecule has 0 bridgehead atoms. The Morgan fingerprint density at radius 1 is 1.25 bits per heavy atom. The van der Waals surface area contributed by atoms with Gasteiger partial charge in [-0.05, 0) is 42.7 Å². The van der Waals surface area contributed by atoms with Gasteiger partial charge in [-0.1, -0.05) is 30.3 Å². The van der Waals surface area contributed by atoms with Gasteiger partial charge in [0.1, 0.15) is 5.82 Å². The number of halogens is 1. The molecule has 1 aliphatic heterocycles. The Morgan fingerprint density at radius 2 is 2.10 bits per heavy atom. The summed E-state index contributed by atoms with van der Waals surface area (Å²) in [5.41, 5.74) is 2.45. The summed E-state index contributed by atoms with van der Waals surface area (Å²) in [5, 5.41) is 4.09. The minimum atomic E-state index is -0.168. The summed E-state index contributed by atoms with van der Waals surface area (Å²) in [5.74, 6) is -0.168. The smallest absolute Gasteiger partial charge is 0.123 e. The molecule has 0 saturated carbocycles. The summed E-state index contributed by atoms with van der Waals surface area (Å²) < 4.78 is 13.2. The van der Waals surface area contributed by atoms with E-state index in [1.54, 1.807) is 12.1 Å². The Labute approximate surface area is 123 Å². The zero-order valence-electron chi connectivity index (χ0n) is 11.5. The fourth-order valence-corrected chi connectivity index (χ4v) is 3.83. The molecule has 1 nitrogen and oxygen atoms in total. The first kappa shape index (κ1) is 13.7. The van der Waals surface area contributed by atoms with Crippen molar-refractivity contribution in [1.82, 2.24) is 5.32 Å². The lowest BCUT2D eigenvalue weighted by molar-refractivity contribution is 0.559. The number of rotatable bonds is 4. The average Bonchev–Trinajstić information content (AvgIpc) is 2.87. The van der Waals surface area contributed by atoms with E-state index in [4.69, 9.17) is 0 Å². The van der Waals surface area contributed by atoms with Crippen molar-refractivity contribution in [2.75, 3.05) is 6.54 Å². The highest BCUT2D eigenvalue weighted by Crippen LogP contribution is 2.36. The molecular formula is C17H18FNS. The number of benzene rings is 2. The molecule has 0 fully saturated rings. The minimum absolute atomic E-state index is 0.168. The Balaban J connectivity index is 1.56. The van der Waals surface area contributed by atoms with Crippen LogP contribution in [-0.2, 0) is 6.42 Å². The predicted molar refractivity (Wildman–Crippen MR) is 82.6 cm³/mol. The van der Waals surface area contributed by atoms with Gasteiger partial charge < -0.3 is 5.32 Å². The van der Waals surface area contributed by atoms with Gasteiger partial charge in [0.05, 0.1) is 0 Å². The van der Waals surface area contributed by atoms with Crippen LogP contribution in [0.5, 0.6) is 0 Å². The van der Waals surface area contributed by atoms with Crippen molar-refractivity contribution in [2.24, 2.45) is 0 Å². The lowest BCUT2D eigenvalue weighted by Gasteiger charge is -2.17. The highest BCUT2D eigenvalue weighted by atomic mass is 32.2. The van der Waals surface area contributed by atoms with Gasteiger partial charge in [0.2, 0.25) is 0 Å². The first-order chi connectivity index (χ1) is 9.72. The zero-order chi connectivity index (χ0) is 13.9. The van der Waals surface area contributed by atoms with E-state index in [0.717, 1.165) is 18.5 Å². The molecule has 2 aromatic rings. The molecule has 20 heavy (non-hydrogen) atoms. The normalized spacial score (nSPS) is 18.8. The van der Waals surface area contributed by atoms with Gasteiger partial charge in [0.15, 0.2) is 0 Å². The Hall–Kier alpha value is -1.32.